The molecule has 1 aliphatic carbocycles. The van der Waals surface area contributed by atoms with Crippen LogP contribution in [-0.4, -0.2) is 72.5 Å². The molecule has 1 N–H and O–H groups in total. The number of hydrogen-bond acceptors (Lipinski definition) is 5. The second kappa shape index (κ2) is 10.7. The highest BCUT2D eigenvalue weighted by atomic mass is 35.5. The smallest absolute Gasteiger partial charge is 0.282 e. The van der Waals surface area contributed by atoms with E-state index in [1.54, 1.807) is 0 Å². The predicted molar refractivity (Wildman–Crippen MR) is 134 cm³/mol. The van der Waals surface area contributed by atoms with Gasteiger partial charge in [0.2, 0.25) is 11.8 Å². The monoisotopic (exact) mass is 569 g/mol. The summed E-state index contributed by atoms with van der Waals surface area (Å²) < 4.78 is 57.3. The molecule has 13 heteroatoms. The summed E-state index contributed by atoms with van der Waals surface area (Å²) in [7, 11) is -3.76. The number of amides is 2. The molecule has 38 heavy (non-hydrogen) atoms. The van der Waals surface area contributed by atoms with E-state index in [1.807, 2.05) is 0 Å². The normalized spacial score (nSPS) is 26.0. The molecule has 4 fully saturated rings. The summed E-state index contributed by atoms with van der Waals surface area (Å²) in [4.78, 5) is 28.4. The van der Waals surface area contributed by atoms with E-state index in [-0.39, 0.29) is 48.0 Å². The lowest BCUT2D eigenvalue weighted by Gasteiger charge is -2.41. The largest absolute Gasteiger partial charge is 0.347 e. The molecule has 0 bridgehead atoms. The Bertz CT molecular complexity index is 1260. The summed E-state index contributed by atoms with van der Waals surface area (Å²) in [5.74, 6) is -3.08. The molecule has 9 nitrogen and oxygen atoms in total. The first-order valence-corrected chi connectivity index (χ1v) is 14.8. The van der Waals surface area contributed by atoms with Gasteiger partial charge in [0.15, 0.2) is 0 Å². The molecule has 3 heterocycles. The van der Waals surface area contributed by atoms with E-state index in [1.165, 1.54) is 13.5 Å². The van der Waals surface area contributed by atoms with E-state index >= 15 is 0 Å². The number of carbonyl (C=O) groups excluding carboxylic acids is 2. The molecule has 3 aliphatic heterocycles. The van der Waals surface area contributed by atoms with Gasteiger partial charge in [-0.2, -0.15) is 22.3 Å². The third-order valence-electron chi connectivity index (χ3n) is 8.02. The number of benzene rings is 1. The Morgan fingerprint density at radius 3 is 2.42 bits per heavy atom. The number of carbonyl (C=O) groups is 2. The topological polar surface area (TPSA) is 114 Å². The van der Waals surface area contributed by atoms with Crippen LogP contribution in [0.1, 0.15) is 50.1 Å². The van der Waals surface area contributed by atoms with Crippen LogP contribution in [0.25, 0.3) is 0 Å². The molecule has 1 unspecified atom stereocenters. The molecule has 3 atom stereocenters. The molecule has 1 aromatic rings. The van der Waals surface area contributed by atoms with E-state index in [0.717, 1.165) is 25.0 Å². The van der Waals surface area contributed by atoms with Gasteiger partial charge in [-0.25, -0.2) is 8.78 Å². The van der Waals surface area contributed by atoms with Gasteiger partial charge < -0.3 is 10.2 Å². The maximum atomic E-state index is 14.7. The highest BCUT2D eigenvalue weighted by molar-refractivity contribution is 7.86. The lowest BCUT2D eigenvalue weighted by Crippen LogP contribution is -2.57. The number of likely N-dealkylation sites (tertiary alicyclic amines) is 1. The molecule has 0 spiro atoms. The summed E-state index contributed by atoms with van der Waals surface area (Å²) in [6, 6.07) is 2.50. The predicted octanol–water partition coefficient (Wildman–Crippen LogP) is 2.59. The number of nitriles is 1. The number of rotatable bonds is 7. The van der Waals surface area contributed by atoms with Crippen molar-refractivity contribution in [3.63, 3.8) is 0 Å². The van der Waals surface area contributed by atoms with Crippen molar-refractivity contribution in [2.24, 2.45) is 17.8 Å². The number of piperidine rings is 1. The Morgan fingerprint density at radius 1 is 1.03 bits per heavy atom. The highest BCUT2D eigenvalue weighted by Gasteiger charge is 2.45. The zero-order valence-corrected chi connectivity index (χ0v) is 22.4. The molecule has 5 rings (SSSR count). The first kappa shape index (κ1) is 27.2. The van der Waals surface area contributed by atoms with Crippen LogP contribution in [-0.2, 0) is 19.8 Å². The first-order valence-electron chi connectivity index (χ1n) is 13.0. The maximum absolute atomic E-state index is 14.7. The Kier molecular flexibility index (Phi) is 7.66. The summed E-state index contributed by atoms with van der Waals surface area (Å²) in [5.41, 5.74) is 0.0383. The van der Waals surface area contributed by atoms with Crippen LogP contribution in [0.4, 0.5) is 8.78 Å². The van der Waals surface area contributed by atoms with Crippen LogP contribution in [0, 0.1) is 40.7 Å². The summed E-state index contributed by atoms with van der Waals surface area (Å²) in [6.45, 7) is 1.01. The summed E-state index contributed by atoms with van der Waals surface area (Å²) >= 11 is 5.70. The van der Waals surface area contributed by atoms with Gasteiger partial charge in [-0.15, -0.1) is 0 Å². The fourth-order valence-corrected chi connectivity index (χ4v) is 7.61. The van der Waals surface area contributed by atoms with Crippen LogP contribution in [0.2, 0.25) is 5.02 Å². The number of halogens is 3. The second-order valence-electron chi connectivity index (χ2n) is 10.6. The van der Waals surface area contributed by atoms with Crippen molar-refractivity contribution in [3.8, 4) is 6.07 Å². The van der Waals surface area contributed by atoms with Gasteiger partial charge in [-0.05, 0) is 56.6 Å². The van der Waals surface area contributed by atoms with Gasteiger partial charge in [0, 0.05) is 38.3 Å². The standard InChI is InChI=1S/C25H30ClF2N5O4S/c26-19-10-20(27)18(9-21(19)28)23(16-5-6-16)30-24(34)22-4-2-8-33(22)25(35)17-3-1-7-31(14-17)38(36,37)32-12-15(11-29)13-32/h9-10,15-17,22-23H,1-8,12-14H2,(H,30,34)/t17-,22+,23?/m0/s1. The Hall–Kier alpha value is -2.33. The highest BCUT2D eigenvalue weighted by Crippen LogP contribution is 2.43. The quantitative estimate of drug-likeness (QED) is 0.507. The zero-order chi connectivity index (χ0) is 27.2. The molecular weight excluding hydrogens is 540 g/mol. The van der Waals surface area contributed by atoms with Crippen molar-refractivity contribution < 1.29 is 26.8 Å². The van der Waals surface area contributed by atoms with Gasteiger partial charge in [-0.3, -0.25) is 9.59 Å². The maximum Gasteiger partial charge on any atom is 0.282 e. The van der Waals surface area contributed by atoms with Crippen LogP contribution in [0.3, 0.4) is 0 Å². The third kappa shape index (κ3) is 5.26. The van der Waals surface area contributed by atoms with Crippen molar-refractivity contribution in [2.45, 2.75) is 50.6 Å². The number of nitrogens with zero attached hydrogens (tertiary/aromatic N) is 4. The summed E-state index contributed by atoms with van der Waals surface area (Å²) in [5, 5.41) is 11.5. The number of hydrogen-bond donors (Lipinski definition) is 1. The zero-order valence-electron chi connectivity index (χ0n) is 20.8. The van der Waals surface area contributed by atoms with Crippen molar-refractivity contribution >= 4 is 33.6 Å². The van der Waals surface area contributed by atoms with E-state index in [9.17, 15) is 26.8 Å². The third-order valence-corrected chi connectivity index (χ3v) is 10.2. The molecule has 0 aromatic heterocycles. The van der Waals surface area contributed by atoms with Crippen LogP contribution in [0.5, 0.6) is 0 Å². The van der Waals surface area contributed by atoms with Crippen molar-refractivity contribution in [2.75, 3.05) is 32.7 Å². The van der Waals surface area contributed by atoms with E-state index in [2.05, 4.69) is 11.4 Å². The van der Waals surface area contributed by atoms with Gasteiger partial charge in [0.25, 0.3) is 10.2 Å². The molecule has 3 saturated heterocycles. The molecule has 1 aromatic carbocycles. The van der Waals surface area contributed by atoms with Crippen LogP contribution in [0.15, 0.2) is 12.1 Å². The summed E-state index contributed by atoms with van der Waals surface area (Å²) in [6.07, 6.45) is 3.60. The minimum atomic E-state index is -3.76. The molecule has 4 aliphatic rings. The van der Waals surface area contributed by atoms with Crippen molar-refractivity contribution in [1.82, 2.24) is 18.8 Å². The van der Waals surface area contributed by atoms with E-state index in [4.69, 9.17) is 16.9 Å². The molecule has 206 valence electrons. The Labute approximate surface area is 225 Å². The van der Waals surface area contributed by atoms with Gasteiger partial charge in [-0.1, -0.05) is 11.6 Å². The minimum absolute atomic E-state index is 0.0275. The van der Waals surface area contributed by atoms with Crippen LogP contribution >= 0.6 is 11.6 Å². The van der Waals surface area contributed by atoms with Crippen molar-refractivity contribution in [1.29, 1.82) is 5.26 Å². The second-order valence-corrected chi connectivity index (χ2v) is 13.0. The first-order chi connectivity index (χ1) is 18.1. The van der Waals surface area contributed by atoms with Gasteiger partial charge >= 0.3 is 0 Å². The Balaban J connectivity index is 1.26. The fourth-order valence-electron chi connectivity index (χ4n) is 5.67. The van der Waals surface area contributed by atoms with Crippen molar-refractivity contribution in [3.05, 3.63) is 34.4 Å². The van der Waals surface area contributed by atoms with Gasteiger partial charge in [0.05, 0.1) is 29.0 Å². The van der Waals surface area contributed by atoms with Gasteiger partial charge in [0.1, 0.15) is 17.7 Å². The molecule has 0 radical (unpaired) electrons. The van der Waals surface area contributed by atoms with Crippen LogP contribution < -0.4 is 5.32 Å². The molecular formula is C25H30ClF2N5O4S. The lowest BCUT2D eigenvalue weighted by molar-refractivity contribution is -0.142. The minimum Gasteiger partial charge on any atom is -0.347 e. The lowest BCUT2D eigenvalue weighted by atomic mass is 9.97. The average molecular weight is 570 g/mol. The number of nitrogens with one attached hydrogen (secondary N) is 1. The molecule has 2 amide bonds. The molecule has 1 saturated carbocycles. The average Bonchev–Trinajstić information content (AvgIpc) is 3.59. The van der Waals surface area contributed by atoms with E-state index in [0.29, 0.717) is 38.8 Å². The SMILES string of the molecule is N#CC1CN(S(=O)(=O)N2CCC[C@H](C(=O)N3CCC[C@@H]3C(=O)NC(c3cc(F)c(Cl)cc3F)C3CC3)C2)C1. The van der Waals surface area contributed by atoms with E-state index < -0.39 is 45.8 Å². The fraction of sp³-hybridized carbons (Fsp3) is 0.640. The Morgan fingerprint density at radius 2 is 1.74 bits per heavy atom.